The van der Waals surface area contributed by atoms with Crippen LogP contribution in [0.5, 0.6) is 0 Å². The third-order valence-corrected chi connectivity index (χ3v) is 4.20. The van der Waals surface area contributed by atoms with Gasteiger partial charge >= 0.3 is 5.97 Å². The van der Waals surface area contributed by atoms with E-state index in [0.717, 1.165) is 6.07 Å². The predicted molar refractivity (Wildman–Crippen MR) is 110 cm³/mol. The maximum absolute atomic E-state index is 12.1. The van der Waals surface area contributed by atoms with Crippen molar-refractivity contribution < 1.29 is 28.5 Å². The molecule has 0 spiro atoms. The molecule has 3 aromatic rings. The zero-order valence-electron chi connectivity index (χ0n) is 15.7. The molecule has 2 amide bonds. The average molecular weight is 444 g/mol. The van der Waals surface area contributed by atoms with E-state index in [9.17, 15) is 24.5 Å². The number of carbonyl (C=O) groups excluding carboxylic acids is 3. The number of carbonyl (C=O) groups is 3. The number of benzene rings is 2. The van der Waals surface area contributed by atoms with Gasteiger partial charge in [0.15, 0.2) is 12.4 Å². The first-order chi connectivity index (χ1) is 14.8. The van der Waals surface area contributed by atoms with Crippen LogP contribution in [0.25, 0.3) is 0 Å². The molecule has 3 rings (SSSR count). The summed E-state index contributed by atoms with van der Waals surface area (Å²) >= 11 is 5.71. The molecule has 10 nitrogen and oxygen atoms in total. The Kier molecular flexibility index (Phi) is 6.63. The maximum atomic E-state index is 12.1. The Bertz CT molecular complexity index is 1130. The van der Waals surface area contributed by atoms with Crippen LogP contribution < -0.4 is 10.6 Å². The van der Waals surface area contributed by atoms with E-state index in [4.69, 9.17) is 20.8 Å². The summed E-state index contributed by atoms with van der Waals surface area (Å²) in [7, 11) is 0. The summed E-state index contributed by atoms with van der Waals surface area (Å²) in [5.74, 6) is -1.76. The number of halogens is 1. The highest BCUT2D eigenvalue weighted by atomic mass is 35.5. The average Bonchev–Trinajstić information content (AvgIpc) is 3.29. The number of anilines is 2. The molecular formula is C20H14ClN3O7. The Morgan fingerprint density at radius 1 is 1.03 bits per heavy atom. The normalized spacial score (nSPS) is 10.2. The van der Waals surface area contributed by atoms with E-state index in [2.05, 4.69) is 10.6 Å². The quantitative estimate of drug-likeness (QED) is 0.320. The Hall–Kier alpha value is -4.18. The number of nitro groups is 1. The fourth-order valence-corrected chi connectivity index (χ4v) is 2.62. The van der Waals surface area contributed by atoms with Crippen molar-refractivity contribution in [3.05, 3.63) is 87.3 Å². The van der Waals surface area contributed by atoms with Gasteiger partial charge < -0.3 is 19.8 Å². The minimum Gasteiger partial charge on any atom is -0.459 e. The second kappa shape index (κ2) is 9.55. The van der Waals surface area contributed by atoms with E-state index in [1.54, 1.807) is 6.07 Å². The van der Waals surface area contributed by atoms with Gasteiger partial charge in [0.2, 0.25) is 0 Å². The van der Waals surface area contributed by atoms with E-state index in [1.165, 1.54) is 48.7 Å². The van der Waals surface area contributed by atoms with Crippen molar-refractivity contribution in [1.29, 1.82) is 0 Å². The molecule has 0 radical (unpaired) electrons. The third-order valence-electron chi connectivity index (χ3n) is 3.88. The Labute approximate surface area is 179 Å². The second-order valence-corrected chi connectivity index (χ2v) is 6.46. The number of hydrogen-bond acceptors (Lipinski definition) is 7. The number of esters is 1. The summed E-state index contributed by atoms with van der Waals surface area (Å²) in [5, 5.41) is 15.8. The summed E-state index contributed by atoms with van der Waals surface area (Å²) in [5.41, 5.74) is 0.357. The standard InChI is InChI=1S/C20H14ClN3O7/c21-15-8-7-14(10-16(15)24(28)29)22-18(25)11-31-20(27)12-3-5-13(6-4-12)23-19(26)17-2-1-9-30-17/h1-10H,11H2,(H,22,25)(H,23,26). The number of nitrogens with zero attached hydrogens (tertiary/aromatic N) is 1. The molecule has 1 aromatic heterocycles. The number of hydrogen-bond donors (Lipinski definition) is 2. The maximum Gasteiger partial charge on any atom is 0.338 e. The molecule has 31 heavy (non-hydrogen) atoms. The van der Waals surface area contributed by atoms with Gasteiger partial charge in [-0.05, 0) is 48.5 Å². The summed E-state index contributed by atoms with van der Waals surface area (Å²) in [4.78, 5) is 46.2. The first kappa shape index (κ1) is 21.5. The van der Waals surface area contributed by atoms with Gasteiger partial charge in [-0.15, -0.1) is 0 Å². The van der Waals surface area contributed by atoms with Crippen LogP contribution in [0.15, 0.2) is 65.3 Å². The highest BCUT2D eigenvalue weighted by Crippen LogP contribution is 2.27. The number of nitro benzene ring substituents is 1. The van der Waals surface area contributed by atoms with Crippen LogP contribution in [-0.4, -0.2) is 29.3 Å². The lowest BCUT2D eigenvalue weighted by molar-refractivity contribution is -0.384. The zero-order valence-corrected chi connectivity index (χ0v) is 16.4. The van der Waals surface area contributed by atoms with E-state index in [1.807, 2.05) is 0 Å². The van der Waals surface area contributed by atoms with Crippen molar-refractivity contribution in [2.24, 2.45) is 0 Å². The van der Waals surface area contributed by atoms with Crippen LogP contribution in [0, 0.1) is 10.1 Å². The lowest BCUT2D eigenvalue weighted by atomic mass is 10.2. The van der Waals surface area contributed by atoms with Gasteiger partial charge in [-0.1, -0.05) is 11.6 Å². The minimum absolute atomic E-state index is 0.0711. The number of amides is 2. The van der Waals surface area contributed by atoms with Gasteiger partial charge in [0.05, 0.1) is 16.7 Å². The van der Waals surface area contributed by atoms with Gasteiger partial charge in [0, 0.05) is 17.4 Å². The first-order valence-electron chi connectivity index (χ1n) is 8.69. The zero-order chi connectivity index (χ0) is 22.4. The first-order valence-corrected chi connectivity index (χ1v) is 9.07. The Morgan fingerprint density at radius 3 is 2.39 bits per heavy atom. The van der Waals surface area contributed by atoms with Gasteiger partial charge in [-0.2, -0.15) is 0 Å². The van der Waals surface area contributed by atoms with Crippen LogP contribution in [-0.2, 0) is 9.53 Å². The Balaban J connectivity index is 1.52. The van der Waals surface area contributed by atoms with Crippen molar-refractivity contribution in [3.63, 3.8) is 0 Å². The number of furan rings is 1. The largest absolute Gasteiger partial charge is 0.459 e. The van der Waals surface area contributed by atoms with Crippen LogP contribution in [0.1, 0.15) is 20.9 Å². The summed E-state index contributed by atoms with van der Waals surface area (Å²) in [6.45, 7) is -0.605. The molecule has 0 fully saturated rings. The molecule has 0 aliphatic rings. The fraction of sp³-hybridized carbons (Fsp3) is 0.0500. The monoisotopic (exact) mass is 443 g/mol. The SMILES string of the molecule is O=C(COC(=O)c1ccc(NC(=O)c2ccco2)cc1)Nc1ccc(Cl)c([N+](=O)[O-])c1. The molecule has 0 aliphatic carbocycles. The van der Waals surface area contributed by atoms with E-state index < -0.39 is 29.3 Å². The molecule has 11 heteroatoms. The second-order valence-electron chi connectivity index (χ2n) is 6.06. The molecule has 0 atom stereocenters. The van der Waals surface area contributed by atoms with Crippen LogP contribution in [0.2, 0.25) is 5.02 Å². The Morgan fingerprint density at radius 2 is 1.74 bits per heavy atom. The molecule has 2 N–H and O–H groups in total. The lowest BCUT2D eigenvalue weighted by Crippen LogP contribution is -2.21. The number of ether oxygens (including phenoxy) is 1. The fourth-order valence-electron chi connectivity index (χ4n) is 2.43. The molecule has 158 valence electrons. The summed E-state index contributed by atoms with van der Waals surface area (Å²) in [6, 6.07) is 12.7. The van der Waals surface area contributed by atoms with Crippen molar-refractivity contribution in [1.82, 2.24) is 0 Å². The molecule has 0 saturated carbocycles. The summed E-state index contributed by atoms with van der Waals surface area (Å²) in [6.07, 6.45) is 1.37. The predicted octanol–water partition coefficient (Wildman–Crippen LogP) is 3.89. The molecule has 0 unspecified atom stereocenters. The van der Waals surface area contributed by atoms with Crippen molar-refractivity contribution in [3.8, 4) is 0 Å². The van der Waals surface area contributed by atoms with Gasteiger partial charge in [-0.3, -0.25) is 19.7 Å². The third kappa shape index (κ3) is 5.67. The topological polar surface area (TPSA) is 141 Å². The highest BCUT2D eigenvalue weighted by Gasteiger charge is 2.15. The molecule has 0 aliphatic heterocycles. The van der Waals surface area contributed by atoms with Gasteiger partial charge in [0.1, 0.15) is 5.02 Å². The van der Waals surface area contributed by atoms with E-state index >= 15 is 0 Å². The summed E-state index contributed by atoms with van der Waals surface area (Å²) < 4.78 is 9.92. The van der Waals surface area contributed by atoms with Gasteiger partial charge in [-0.25, -0.2) is 4.79 Å². The molecule has 0 bridgehead atoms. The van der Waals surface area contributed by atoms with Crippen molar-refractivity contribution in [2.45, 2.75) is 0 Å². The van der Waals surface area contributed by atoms with Crippen molar-refractivity contribution in [2.75, 3.05) is 17.2 Å². The lowest BCUT2D eigenvalue weighted by Gasteiger charge is -2.08. The number of nitrogens with one attached hydrogen (secondary N) is 2. The molecule has 2 aromatic carbocycles. The van der Waals surface area contributed by atoms with Crippen LogP contribution >= 0.6 is 11.6 Å². The van der Waals surface area contributed by atoms with Crippen molar-refractivity contribution >= 4 is 46.4 Å². The van der Waals surface area contributed by atoms with Crippen LogP contribution in [0.3, 0.4) is 0 Å². The van der Waals surface area contributed by atoms with E-state index in [0.29, 0.717) is 5.69 Å². The van der Waals surface area contributed by atoms with Gasteiger partial charge in [0.25, 0.3) is 17.5 Å². The minimum atomic E-state index is -0.763. The number of rotatable bonds is 7. The smallest absolute Gasteiger partial charge is 0.338 e. The van der Waals surface area contributed by atoms with E-state index in [-0.39, 0.29) is 27.7 Å². The molecule has 0 saturated heterocycles. The highest BCUT2D eigenvalue weighted by molar-refractivity contribution is 6.32. The van der Waals surface area contributed by atoms with Crippen LogP contribution in [0.4, 0.5) is 17.1 Å². The molecular weight excluding hydrogens is 430 g/mol. The molecule has 1 heterocycles.